The predicted octanol–water partition coefficient (Wildman–Crippen LogP) is 18.6. The lowest BCUT2D eigenvalue weighted by Gasteiger charge is -2.46. The van der Waals surface area contributed by atoms with Crippen LogP contribution in [-0.2, 0) is 37.9 Å². The summed E-state index contributed by atoms with van der Waals surface area (Å²) in [7, 11) is 0. The highest BCUT2D eigenvalue weighted by Crippen LogP contribution is 2.56. The van der Waals surface area contributed by atoms with E-state index in [1.54, 1.807) is 0 Å². The molecule has 4 nitrogen and oxygen atoms in total. The monoisotopic (exact) mass is 1040 g/mol. The number of aryl methyl sites for hydroxylation is 1. The number of nitrogens with zero attached hydrogens (tertiary/aromatic N) is 3. The molecule has 13 rings (SSSR count). The van der Waals surface area contributed by atoms with Crippen molar-refractivity contribution in [3.8, 4) is 0 Å². The largest absolute Gasteiger partial charge is 0.468 e. The Morgan fingerprint density at radius 3 is 1.53 bits per heavy atom. The van der Waals surface area contributed by atoms with E-state index in [0.717, 1.165) is 100.0 Å². The summed E-state index contributed by atoms with van der Waals surface area (Å²) in [4.78, 5) is 6.02. The third-order valence-corrected chi connectivity index (χ3v) is 19.7. The van der Waals surface area contributed by atoms with Crippen LogP contribution in [0.5, 0.6) is 0 Å². The molecule has 8 aromatic rings. The molecule has 0 unspecified atom stereocenters. The van der Waals surface area contributed by atoms with E-state index in [4.69, 9.17) is 7.16 Å². The van der Waals surface area contributed by atoms with Crippen molar-refractivity contribution in [1.82, 2.24) is 0 Å². The van der Waals surface area contributed by atoms with Crippen LogP contribution in [0.4, 0.5) is 51.2 Å². The van der Waals surface area contributed by atoms with Crippen LogP contribution in [0, 0.1) is 6.92 Å². The first kappa shape index (κ1) is 40.7. The van der Waals surface area contributed by atoms with Crippen LogP contribution in [0.2, 0.25) is 0 Å². The van der Waals surface area contributed by atoms with Crippen molar-refractivity contribution in [3.05, 3.63) is 178 Å². The number of hydrogen-bond donors (Lipinski definition) is 0. The van der Waals surface area contributed by atoms with Crippen LogP contribution < -0.4 is 31.3 Å². The zero-order valence-corrected chi connectivity index (χ0v) is 49.0. The first-order valence-electron chi connectivity index (χ1n) is 33.6. The maximum Gasteiger partial charge on any atom is 0.297 e. The van der Waals surface area contributed by atoms with Crippen molar-refractivity contribution >= 4 is 85.5 Å². The summed E-state index contributed by atoms with van der Waals surface area (Å²) in [5.74, 6) is 0. The van der Waals surface area contributed by atoms with E-state index in [1.165, 1.54) is 38.3 Å². The van der Waals surface area contributed by atoms with E-state index in [1.807, 2.05) is 12.1 Å². The van der Waals surface area contributed by atoms with Crippen molar-refractivity contribution in [2.24, 2.45) is 0 Å². The molecule has 0 saturated heterocycles. The van der Waals surface area contributed by atoms with Gasteiger partial charge in [0.2, 0.25) is 0 Å². The van der Waals surface area contributed by atoms with Gasteiger partial charge in [-0.2, -0.15) is 0 Å². The normalized spacial score (nSPS) is 21.3. The van der Waals surface area contributed by atoms with Gasteiger partial charge in [-0.05, 0) is 211 Å². The fraction of sp³-hybridized carbons (Fsp3) is 0.397. The molecule has 0 atom stereocenters. The van der Waals surface area contributed by atoms with E-state index >= 15 is 0 Å². The molecule has 7 aromatic carbocycles. The third-order valence-electron chi connectivity index (χ3n) is 19.7. The van der Waals surface area contributed by atoms with Crippen molar-refractivity contribution in [3.63, 3.8) is 0 Å². The summed E-state index contributed by atoms with van der Waals surface area (Å²) in [6, 6.07) is 21.0. The van der Waals surface area contributed by atoms with Crippen LogP contribution in [-0.4, -0.2) is 6.71 Å². The Hall–Kier alpha value is -6.46. The topological polar surface area (TPSA) is 22.9 Å². The lowest BCUT2D eigenvalue weighted by atomic mass is 9.35. The second-order valence-electron chi connectivity index (χ2n) is 28.7. The predicted molar refractivity (Wildman–Crippen MR) is 334 cm³/mol. The number of rotatable bonds is 5. The number of benzene rings is 7. The fourth-order valence-corrected chi connectivity index (χ4v) is 14.4. The van der Waals surface area contributed by atoms with Gasteiger partial charge in [-0.3, -0.25) is 0 Å². The lowest BCUT2D eigenvalue weighted by Crippen LogP contribution is -2.61. The van der Waals surface area contributed by atoms with Gasteiger partial charge in [0.05, 0.1) is 30.7 Å². The Balaban J connectivity index is 1.26. The van der Waals surface area contributed by atoms with E-state index in [0.29, 0.717) is 11.4 Å². The van der Waals surface area contributed by atoms with Crippen LogP contribution in [0.3, 0.4) is 0 Å². The quantitative estimate of drug-likeness (QED) is 0.160. The average Bonchev–Trinajstić information content (AvgIpc) is 1.27. The Labute approximate surface area is 481 Å². The summed E-state index contributed by atoms with van der Waals surface area (Å²) in [6.45, 7) is 36.3. The van der Waals surface area contributed by atoms with Gasteiger partial charge in [-0.25, -0.2) is 0 Å². The summed E-state index contributed by atoms with van der Waals surface area (Å²) in [5.41, 5.74) is 16.5. The van der Waals surface area contributed by atoms with Gasteiger partial charge >= 0.3 is 0 Å². The SMILES string of the molecule is [2H]c1c([2H])c([2H])c(N(c2cc3c4c(c2)N(c2ccc5c(c2)C(C)(C)CCC5(C)C)c2c(oc5cc6c(cc25)C(C)(C)CCC6(C)C)B4c2ccc(C(C)(C)C)cc2N3c2cc3c(cc2C)C(C)(C)CCC3(C)C)c2c([2H])c([2H])c([2H])c([2H])c2[2H])c([2H])c1[2H]. The first-order valence-corrected chi connectivity index (χ1v) is 28.6. The molecule has 5 heteroatoms. The Bertz CT molecular complexity index is 4260. The highest BCUT2D eigenvalue weighted by Gasteiger charge is 2.50. The second-order valence-corrected chi connectivity index (χ2v) is 28.7. The molecule has 78 heavy (non-hydrogen) atoms. The Morgan fingerprint density at radius 1 is 0.487 bits per heavy atom. The molecule has 0 fully saturated rings. The molecular weight excluding hydrogens is 946 g/mol. The van der Waals surface area contributed by atoms with E-state index in [-0.39, 0.29) is 55.0 Å². The zero-order chi connectivity index (χ0) is 63.7. The Morgan fingerprint density at radius 2 is 0.974 bits per heavy atom. The Kier molecular flexibility index (Phi) is 8.76. The van der Waals surface area contributed by atoms with E-state index in [2.05, 4.69) is 181 Å². The number of para-hydroxylation sites is 2. The number of furan rings is 1. The van der Waals surface area contributed by atoms with Crippen LogP contribution in [0.25, 0.3) is 11.0 Å². The highest BCUT2D eigenvalue weighted by molar-refractivity contribution is 7.00. The van der Waals surface area contributed by atoms with E-state index < -0.39 is 67.1 Å². The lowest BCUT2D eigenvalue weighted by molar-refractivity contribution is 0.332. The van der Waals surface area contributed by atoms with Gasteiger partial charge in [-0.1, -0.05) is 164 Å². The number of anilines is 9. The van der Waals surface area contributed by atoms with Gasteiger partial charge in [-0.15, -0.1) is 0 Å². The smallest absolute Gasteiger partial charge is 0.297 e. The molecule has 0 spiro atoms. The van der Waals surface area contributed by atoms with Crippen molar-refractivity contribution in [2.45, 2.75) is 187 Å². The average molecular weight is 1040 g/mol. The maximum absolute atomic E-state index is 9.76. The van der Waals surface area contributed by atoms with Crippen molar-refractivity contribution < 1.29 is 18.1 Å². The van der Waals surface area contributed by atoms with Crippen molar-refractivity contribution in [2.75, 3.05) is 14.7 Å². The molecule has 0 bridgehead atoms. The fourth-order valence-electron chi connectivity index (χ4n) is 14.4. The standard InChI is InChI=1S/C73H82BN3O/c1-45-37-53-56(72(13,14)35-33-69(53,7)8)43-59(45)77-60-38-46(67(2,3)4)27-30-58(60)74-64-61(40-50(41-62(64)77)75(47-23-19-17-20-24-47)48-25-21-18-22-26-48)76(49-28-29-52-54(39-49)70(9,10)32-31-68(52,5)6)65-51-42-55-57(44-63(51)78-66(65)74)73(15,16)36-34-71(55,11)12/h17-30,37-44H,31-36H2,1-16H3/i17D,18D,19D,20D,21D,22D,23D,24D,25D,26D. The van der Waals surface area contributed by atoms with Gasteiger partial charge in [0.25, 0.3) is 6.71 Å². The molecule has 3 aliphatic carbocycles. The molecule has 0 amide bonds. The maximum atomic E-state index is 9.76. The summed E-state index contributed by atoms with van der Waals surface area (Å²) in [6.07, 6.45) is 6.02. The molecule has 3 heterocycles. The summed E-state index contributed by atoms with van der Waals surface area (Å²) >= 11 is 0. The van der Waals surface area contributed by atoms with Gasteiger partial charge in [0.15, 0.2) is 0 Å². The van der Waals surface area contributed by atoms with Gasteiger partial charge in [0, 0.05) is 45.2 Å². The molecule has 0 N–H and O–H groups in total. The molecular formula is C73H82BN3O. The first-order chi connectivity index (χ1) is 40.8. The molecule has 398 valence electrons. The van der Waals surface area contributed by atoms with Crippen molar-refractivity contribution in [1.29, 1.82) is 0 Å². The molecule has 1 aromatic heterocycles. The van der Waals surface area contributed by atoms with E-state index in [9.17, 15) is 11.0 Å². The molecule has 0 radical (unpaired) electrons. The second kappa shape index (κ2) is 16.8. The minimum absolute atomic E-state index is 0.105. The highest BCUT2D eigenvalue weighted by atomic mass is 16.3. The number of hydrogen-bond acceptors (Lipinski definition) is 4. The minimum atomic E-state index is -0.626. The number of fused-ring (bicyclic) bond motifs is 9. The van der Waals surface area contributed by atoms with Crippen LogP contribution >= 0.6 is 0 Å². The molecule has 2 aliphatic heterocycles. The summed E-state index contributed by atoms with van der Waals surface area (Å²) in [5, 5.41) is 0.938. The van der Waals surface area contributed by atoms with Gasteiger partial charge in [0.1, 0.15) is 5.58 Å². The third kappa shape index (κ3) is 7.66. The van der Waals surface area contributed by atoms with Crippen LogP contribution in [0.1, 0.15) is 201 Å². The molecule has 0 saturated carbocycles. The van der Waals surface area contributed by atoms with Crippen LogP contribution in [0.15, 0.2) is 138 Å². The zero-order valence-electron chi connectivity index (χ0n) is 59.0. The summed E-state index contributed by atoms with van der Waals surface area (Å²) < 4.78 is 101. The minimum Gasteiger partial charge on any atom is -0.468 e. The molecule has 5 aliphatic rings. The van der Waals surface area contributed by atoms with Gasteiger partial charge < -0.3 is 19.1 Å².